The van der Waals surface area contributed by atoms with Crippen LogP contribution in [-0.2, 0) is 16.0 Å². The molecule has 0 radical (unpaired) electrons. The summed E-state index contributed by atoms with van der Waals surface area (Å²) < 4.78 is 11.0. The second-order valence-corrected chi connectivity index (χ2v) is 8.71. The van der Waals surface area contributed by atoms with Crippen molar-refractivity contribution < 1.29 is 19.1 Å². The molecule has 3 aromatic rings. The van der Waals surface area contributed by atoms with Crippen LogP contribution in [0.25, 0.3) is 10.9 Å². The van der Waals surface area contributed by atoms with Crippen LogP contribution in [0.3, 0.4) is 0 Å². The Morgan fingerprint density at radius 2 is 1.85 bits per heavy atom. The van der Waals surface area contributed by atoms with E-state index in [1.165, 1.54) is 0 Å². The fourth-order valence-electron chi connectivity index (χ4n) is 5.23. The molecule has 1 fully saturated rings. The first kappa shape index (κ1) is 21.4. The number of unbranched alkanes of at least 4 members (excludes halogenated alkanes) is 1. The summed E-state index contributed by atoms with van der Waals surface area (Å²) in [5, 5.41) is 1.10. The minimum Gasteiger partial charge on any atom is -0.493 e. The molecule has 1 N–H and O–H groups in total. The van der Waals surface area contributed by atoms with Gasteiger partial charge in [-0.1, -0.05) is 37.6 Å². The molecule has 5 rings (SSSR count). The largest absolute Gasteiger partial charge is 0.493 e. The van der Waals surface area contributed by atoms with E-state index in [2.05, 4.69) is 18.0 Å². The van der Waals surface area contributed by atoms with Crippen LogP contribution < -0.4 is 9.47 Å². The summed E-state index contributed by atoms with van der Waals surface area (Å²) in [6.45, 7) is 2.83. The van der Waals surface area contributed by atoms with Crippen molar-refractivity contribution in [2.24, 2.45) is 0 Å². The number of nitrogens with zero attached hydrogens (tertiary/aromatic N) is 2. The van der Waals surface area contributed by atoms with Crippen molar-refractivity contribution in [3.05, 3.63) is 59.3 Å². The molecule has 2 aliphatic rings. The quantitative estimate of drug-likeness (QED) is 0.626. The van der Waals surface area contributed by atoms with Gasteiger partial charge in [0.25, 0.3) is 0 Å². The first-order valence-corrected chi connectivity index (χ1v) is 11.5. The Balaban J connectivity index is 1.67. The number of para-hydroxylation sites is 1. The van der Waals surface area contributed by atoms with Crippen LogP contribution in [0, 0.1) is 0 Å². The van der Waals surface area contributed by atoms with Gasteiger partial charge in [0, 0.05) is 29.6 Å². The molecule has 0 bridgehead atoms. The number of fused-ring (bicyclic) bond motifs is 4. The highest BCUT2D eigenvalue weighted by Gasteiger charge is 2.48. The monoisotopic (exact) mass is 447 g/mol. The van der Waals surface area contributed by atoms with Crippen molar-refractivity contribution >= 4 is 22.7 Å². The zero-order valence-corrected chi connectivity index (χ0v) is 19.3. The molecule has 2 atom stereocenters. The lowest BCUT2D eigenvalue weighted by Crippen LogP contribution is -2.63. The van der Waals surface area contributed by atoms with Crippen LogP contribution in [0.2, 0.25) is 0 Å². The Morgan fingerprint density at radius 3 is 2.61 bits per heavy atom. The van der Waals surface area contributed by atoms with Crippen molar-refractivity contribution in [3.63, 3.8) is 0 Å². The van der Waals surface area contributed by atoms with Crippen molar-refractivity contribution in [3.8, 4) is 11.5 Å². The first-order chi connectivity index (χ1) is 16.1. The molecular weight excluding hydrogens is 418 g/mol. The Labute approximate surface area is 193 Å². The smallest absolute Gasteiger partial charge is 0.246 e. The number of methoxy groups -OCH3 is 2. The standard InChI is InChI=1S/C26H29N3O4/c1-4-5-12-28-15-23(30)29-20(26(28)31)14-18-17-8-6-7-9-19(17)27-24(18)25(29)16-10-11-21(32-2)22(13-16)33-3/h6-11,13,20,25,27H,4-5,12,14-15H2,1-3H3/t20-,25-/m0/s1. The summed E-state index contributed by atoms with van der Waals surface area (Å²) in [4.78, 5) is 34.1. The average molecular weight is 448 g/mol. The minimum absolute atomic E-state index is 0.0280. The van der Waals surface area contributed by atoms with Crippen molar-refractivity contribution in [1.29, 1.82) is 0 Å². The molecule has 7 nitrogen and oxygen atoms in total. The summed E-state index contributed by atoms with van der Waals surface area (Å²) >= 11 is 0. The number of aromatic amines is 1. The SMILES string of the molecule is CCCCN1CC(=O)N2[C@@H](c3ccc(OC)c(OC)c3)c3[nH]c4ccccc4c3C[C@H]2C1=O. The van der Waals surface area contributed by atoms with Crippen molar-refractivity contribution in [1.82, 2.24) is 14.8 Å². The molecule has 0 unspecified atom stereocenters. The summed E-state index contributed by atoms with van der Waals surface area (Å²) in [7, 11) is 3.20. The molecule has 2 aliphatic heterocycles. The normalized spacial score (nSPS) is 20.1. The Kier molecular flexibility index (Phi) is 5.48. The van der Waals surface area contributed by atoms with E-state index in [9.17, 15) is 9.59 Å². The van der Waals surface area contributed by atoms with E-state index in [-0.39, 0.29) is 18.4 Å². The molecule has 3 heterocycles. The van der Waals surface area contributed by atoms with E-state index < -0.39 is 12.1 Å². The van der Waals surface area contributed by atoms with E-state index in [0.717, 1.165) is 40.6 Å². The van der Waals surface area contributed by atoms with Crippen LogP contribution in [0.5, 0.6) is 11.5 Å². The van der Waals surface area contributed by atoms with Crippen molar-refractivity contribution in [2.45, 2.75) is 38.3 Å². The summed E-state index contributed by atoms with van der Waals surface area (Å²) in [5.74, 6) is 1.22. The number of rotatable bonds is 6. The van der Waals surface area contributed by atoms with Gasteiger partial charge in [-0.05, 0) is 35.7 Å². The number of ether oxygens (including phenoxy) is 2. The highest BCUT2D eigenvalue weighted by Crippen LogP contribution is 2.44. The molecule has 0 saturated carbocycles. The molecule has 1 saturated heterocycles. The van der Waals surface area contributed by atoms with Gasteiger partial charge in [-0.25, -0.2) is 0 Å². The molecule has 33 heavy (non-hydrogen) atoms. The average Bonchev–Trinajstić information content (AvgIpc) is 3.22. The Hall–Kier alpha value is -3.48. The minimum atomic E-state index is -0.520. The third-order valence-corrected chi connectivity index (χ3v) is 6.85. The fourth-order valence-corrected chi connectivity index (χ4v) is 5.23. The van der Waals surface area contributed by atoms with E-state index >= 15 is 0 Å². The predicted octanol–water partition coefficient (Wildman–Crippen LogP) is 3.67. The maximum absolute atomic E-state index is 13.6. The third-order valence-electron chi connectivity index (χ3n) is 6.85. The molecule has 172 valence electrons. The van der Waals surface area contributed by atoms with Crippen LogP contribution in [0.1, 0.15) is 42.6 Å². The summed E-state index contributed by atoms with van der Waals surface area (Å²) in [5.41, 5.74) is 3.96. The lowest BCUT2D eigenvalue weighted by molar-refractivity contribution is -0.158. The van der Waals surface area contributed by atoms with Gasteiger partial charge >= 0.3 is 0 Å². The maximum atomic E-state index is 13.6. The van der Waals surface area contributed by atoms with E-state index in [1.54, 1.807) is 24.0 Å². The van der Waals surface area contributed by atoms with Crippen LogP contribution in [-0.4, -0.2) is 59.9 Å². The number of carbonyl (C=O) groups excluding carboxylic acids is 2. The van der Waals surface area contributed by atoms with Gasteiger partial charge in [0.15, 0.2) is 11.5 Å². The molecule has 0 spiro atoms. The second-order valence-electron chi connectivity index (χ2n) is 8.71. The van der Waals surface area contributed by atoms with E-state index in [1.807, 2.05) is 36.4 Å². The van der Waals surface area contributed by atoms with Gasteiger partial charge < -0.3 is 24.3 Å². The van der Waals surface area contributed by atoms with Gasteiger partial charge in [-0.2, -0.15) is 0 Å². The molecule has 1 aromatic heterocycles. The Morgan fingerprint density at radius 1 is 1.06 bits per heavy atom. The fraction of sp³-hybridized carbons (Fsp3) is 0.385. The third kappa shape index (κ3) is 3.43. The van der Waals surface area contributed by atoms with E-state index in [4.69, 9.17) is 9.47 Å². The zero-order chi connectivity index (χ0) is 23.1. The van der Waals surface area contributed by atoms with Gasteiger partial charge in [-0.3, -0.25) is 9.59 Å². The van der Waals surface area contributed by atoms with Gasteiger partial charge in [-0.15, -0.1) is 0 Å². The number of carbonyl (C=O) groups is 2. The molecule has 7 heteroatoms. The van der Waals surface area contributed by atoms with E-state index in [0.29, 0.717) is 24.5 Å². The summed E-state index contributed by atoms with van der Waals surface area (Å²) in [6, 6.07) is 12.9. The first-order valence-electron chi connectivity index (χ1n) is 11.5. The maximum Gasteiger partial charge on any atom is 0.246 e. The highest BCUT2D eigenvalue weighted by molar-refractivity contribution is 5.97. The number of piperazine rings is 1. The number of nitrogens with one attached hydrogen (secondary N) is 1. The van der Waals surface area contributed by atoms with Crippen LogP contribution in [0.4, 0.5) is 0 Å². The molecular formula is C26H29N3O4. The number of hydrogen-bond acceptors (Lipinski definition) is 4. The number of aromatic nitrogens is 1. The Bertz CT molecular complexity index is 1220. The van der Waals surface area contributed by atoms with Gasteiger partial charge in [0.2, 0.25) is 11.8 Å². The lowest BCUT2D eigenvalue weighted by Gasteiger charge is -2.47. The summed E-state index contributed by atoms with van der Waals surface area (Å²) in [6.07, 6.45) is 2.38. The number of hydrogen-bond donors (Lipinski definition) is 1. The molecule has 2 amide bonds. The lowest BCUT2D eigenvalue weighted by atomic mass is 9.86. The van der Waals surface area contributed by atoms with Crippen molar-refractivity contribution in [2.75, 3.05) is 27.3 Å². The molecule has 2 aromatic carbocycles. The molecule has 0 aliphatic carbocycles. The number of benzene rings is 2. The topological polar surface area (TPSA) is 74.9 Å². The van der Waals surface area contributed by atoms with Crippen LogP contribution in [0.15, 0.2) is 42.5 Å². The zero-order valence-electron chi connectivity index (χ0n) is 19.3. The second kappa shape index (κ2) is 8.46. The predicted molar refractivity (Wildman–Crippen MR) is 126 cm³/mol. The van der Waals surface area contributed by atoms with Gasteiger partial charge in [0.05, 0.1) is 26.8 Å². The van der Waals surface area contributed by atoms with Crippen LogP contribution >= 0.6 is 0 Å². The number of amides is 2. The number of H-pyrrole nitrogens is 1. The highest BCUT2D eigenvalue weighted by atomic mass is 16.5. The van der Waals surface area contributed by atoms with Gasteiger partial charge in [0.1, 0.15) is 6.04 Å².